The van der Waals surface area contributed by atoms with E-state index in [-0.39, 0.29) is 0 Å². The van der Waals surface area contributed by atoms with Crippen molar-refractivity contribution in [2.75, 3.05) is 27.7 Å². The molecule has 1 aliphatic rings. The Kier molecular flexibility index (Phi) is 6.26. The highest BCUT2D eigenvalue weighted by Crippen LogP contribution is 2.26. The van der Waals surface area contributed by atoms with Crippen LogP contribution in [-0.2, 0) is 6.54 Å². The number of nitrogens with one attached hydrogen (secondary N) is 1. The lowest BCUT2D eigenvalue weighted by Crippen LogP contribution is -2.45. The highest BCUT2D eigenvalue weighted by molar-refractivity contribution is 9.10. The van der Waals surface area contributed by atoms with Crippen LogP contribution in [0.1, 0.15) is 25.3 Å². The van der Waals surface area contributed by atoms with Crippen molar-refractivity contribution in [3.63, 3.8) is 0 Å². The minimum atomic E-state index is 0.519. The molecule has 122 valence electrons. The van der Waals surface area contributed by atoms with Crippen molar-refractivity contribution in [2.24, 2.45) is 4.99 Å². The molecule has 0 aliphatic heterocycles. The Morgan fingerprint density at radius 3 is 2.50 bits per heavy atom. The number of rotatable bonds is 6. The number of aliphatic imine (C=N–C) groups is 1. The van der Waals surface area contributed by atoms with Gasteiger partial charge in [0.25, 0.3) is 0 Å². The molecule has 5 heteroatoms. The van der Waals surface area contributed by atoms with E-state index < -0.39 is 0 Å². The van der Waals surface area contributed by atoms with E-state index in [1.54, 1.807) is 0 Å². The van der Waals surface area contributed by atoms with Crippen LogP contribution in [0.15, 0.2) is 33.7 Å². The van der Waals surface area contributed by atoms with E-state index in [1.165, 1.54) is 18.4 Å². The zero-order valence-corrected chi connectivity index (χ0v) is 15.6. The second-order valence-corrected chi connectivity index (χ2v) is 7.07. The van der Waals surface area contributed by atoms with Gasteiger partial charge in [0.1, 0.15) is 0 Å². The smallest absolute Gasteiger partial charge is 0.193 e. The van der Waals surface area contributed by atoms with Crippen LogP contribution in [0.25, 0.3) is 0 Å². The molecule has 1 atom stereocenters. The number of nitrogens with zero attached hydrogens (tertiary/aromatic N) is 3. The highest BCUT2D eigenvalue weighted by atomic mass is 79.9. The van der Waals surface area contributed by atoms with Gasteiger partial charge in [-0.3, -0.25) is 9.89 Å². The molecule has 22 heavy (non-hydrogen) atoms. The van der Waals surface area contributed by atoms with E-state index in [4.69, 9.17) is 0 Å². The minimum absolute atomic E-state index is 0.519. The molecule has 4 nitrogen and oxygen atoms in total. The summed E-state index contributed by atoms with van der Waals surface area (Å²) in [5.74, 6) is 0.943. The van der Waals surface area contributed by atoms with Gasteiger partial charge < -0.3 is 10.2 Å². The Balaban J connectivity index is 1.83. The van der Waals surface area contributed by atoms with Crippen molar-refractivity contribution < 1.29 is 0 Å². The van der Waals surface area contributed by atoms with Crippen molar-refractivity contribution in [1.82, 2.24) is 15.1 Å². The summed E-state index contributed by atoms with van der Waals surface area (Å²) < 4.78 is 1.11. The third kappa shape index (κ3) is 4.99. The number of benzene rings is 1. The van der Waals surface area contributed by atoms with Gasteiger partial charge in [-0.25, -0.2) is 0 Å². The van der Waals surface area contributed by atoms with Crippen molar-refractivity contribution in [3.05, 3.63) is 34.3 Å². The predicted octanol–water partition coefficient (Wildman–Crippen LogP) is 2.94. The summed E-state index contributed by atoms with van der Waals surface area (Å²) in [5, 5.41) is 3.49. The maximum Gasteiger partial charge on any atom is 0.193 e. The molecule has 0 saturated heterocycles. The zero-order valence-electron chi connectivity index (χ0n) is 14.0. The first-order valence-electron chi connectivity index (χ1n) is 7.89. The molecule has 0 heterocycles. The first kappa shape index (κ1) is 17.3. The highest BCUT2D eigenvalue weighted by Gasteiger charge is 2.29. The molecule has 1 aromatic rings. The van der Waals surface area contributed by atoms with Crippen LogP contribution >= 0.6 is 15.9 Å². The SMILES string of the molecule is CN=C(NCC(C)N(C)C1CC1)N(C)Cc1ccc(Br)cc1. The van der Waals surface area contributed by atoms with E-state index in [0.717, 1.165) is 29.6 Å². The average Bonchev–Trinajstić information content (AvgIpc) is 3.34. The molecule has 0 amide bonds. The normalized spacial score (nSPS) is 16.7. The van der Waals surface area contributed by atoms with Crippen LogP contribution in [-0.4, -0.2) is 55.5 Å². The zero-order chi connectivity index (χ0) is 16.1. The molecule has 1 unspecified atom stereocenters. The van der Waals surface area contributed by atoms with Gasteiger partial charge in [0, 0.05) is 43.7 Å². The lowest BCUT2D eigenvalue weighted by molar-refractivity contribution is 0.246. The average molecular weight is 367 g/mol. The van der Waals surface area contributed by atoms with E-state index >= 15 is 0 Å². The summed E-state index contributed by atoms with van der Waals surface area (Å²) in [6.07, 6.45) is 2.69. The summed E-state index contributed by atoms with van der Waals surface area (Å²) in [4.78, 5) is 9.02. The van der Waals surface area contributed by atoms with Crippen molar-refractivity contribution in [1.29, 1.82) is 0 Å². The summed E-state index contributed by atoms with van der Waals surface area (Å²) in [7, 11) is 6.14. The Labute approximate surface area is 142 Å². The number of hydrogen-bond donors (Lipinski definition) is 1. The largest absolute Gasteiger partial charge is 0.355 e. The van der Waals surface area contributed by atoms with Crippen LogP contribution in [0, 0.1) is 0 Å². The minimum Gasteiger partial charge on any atom is -0.355 e. The molecule has 0 aromatic heterocycles. The van der Waals surface area contributed by atoms with Gasteiger partial charge in [0.05, 0.1) is 0 Å². The molecule has 1 saturated carbocycles. The van der Waals surface area contributed by atoms with Gasteiger partial charge in [0.15, 0.2) is 5.96 Å². The Bertz CT molecular complexity index is 496. The summed E-state index contributed by atoms with van der Waals surface area (Å²) in [6.45, 7) is 4.04. The Morgan fingerprint density at radius 2 is 1.95 bits per heavy atom. The van der Waals surface area contributed by atoms with E-state index in [0.29, 0.717) is 6.04 Å². The monoisotopic (exact) mass is 366 g/mol. The lowest BCUT2D eigenvalue weighted by Gasteiger charge is -2.28. The van der Waals surface area contributed by atoms with E-state index in [9.17, 15) is 0 Å². The van der Waals surface area contributed by atoms with Crippen molar-refractivity contribution in [3.8, 4) is 0 Å². The van der Waals surface area contributed by atoms with Crippen molar-refractivity contribution >= 4 is 21.9 Å². The maximum atomic E-state index is 4.40. The van der Waals surface area contributed by atoms with Crippen LogP contribution in [0.2, 0.25) is 0 Å². The van der Waals surface area contributed by atoms with Gasteiger partial charge in [-0.2, -0.15) is 0 Å². The lowest BCUT2D eigenvalue weighted by atomic mass is 10.2. The van der Waals surface area contributed by atoms with Gasteiger partial charge in [-0.15, -0.1) is 0 Å². The molecule has 2 rings (SSSR count). The van der Waals surface area contributed by atoms with Gasteiger partial charge in [-0.05, 0) is 44.5 Å². The van der Waals surface area contributed by atoms with E-state index in [2.05, 4.69) is 81.3 Å². The summed E-state index contributed by atoms with van der Waals surface area (Å²) >= 11 is 3.47. The third-order valence-corrected chi connectivity index (χ3v) is 4.81. The van der Waals surface area contributed by atoms with Gasteiger partial charge in [0.2, 0.25) is 0 Å². The van der Waals surface area contributed by atoms with Crippen LogP contribution in [0.3, 0.4) is 0 Å². The fourth-order valence-electron chi connectivity index (χ4n) is 2.55. The molecule has 1 aromatic carbocycles. The molecule has 0 bridgehead atoms. The summed E-state index contributed by atoms with van der Waals surface area (Å²) in [6, 6.07) is 9.73. The first-order chi connectivity index (χ1) is 10.5. The fourth-order valence-corrected chi connectivity index (χ4v) is 2.81. The summed E-state index contributed by atoms with van der Waals surface area (Å²) in [5.41, 5.74) is 1.27. The van der Waals surface area contributed by atoms with Crippen LogP contribution in [0.5, 0.6) is 0 Å². The maximum absolute atomic E-state index is 4.40. The van der Waals surface area contributed by atoms with Gasteiger partial charge >= 0.3 is 0 Å². The fraction of sp³-hybridized carbons (Fsp3) is 0.588. The molecule has 1 aliphatic carbocycles. The second kappa shape index (κ2) is 7.97. The predicted molar refractivity (Wildman–Crippen MR) is 97.2 cm³/mol. The van der Waals surface area contributed by atoms with E-state index in [1.807, 2.05) is 7.05 Å². The number of halogens is 1. The molecule has 1 N–H and O–H groups in total. The number of guanidine groups is 1. The molecular formula is C17H27BrN4. The Hall–Kier alpha value is -1.07. The number of hydrogen-bond acceptors (Lipinski definition) is 2. The van der Waals surface area contributed by atoms with Crippen molar-refractivity contribution in [2.45, 2.75) is 38.4 Å². The van der Waals surface area contributed by atoms with Gasteiger partial charge in [-0.1, -0.05) is 28.1 Å². The molecule has 0 radical (unpaired) electrons. The molecule has 0 spiro atoms. The first-order valence-corrected chi connectivity index (χ1v) is 8.68. The topological polar surface area (TPSA) is 30.9 Å². The molecular weight excluding hydrogens is 340 g/mol. The quantitative estimate of drug-likeness (QED) is 0.620. The number of likely N-dealkylation sites (N-methyl/N-ethyl adjacent to an activating group) is 1. The van der Waals surface area contributed by atoms with Crippen LogP contribution in [0.4, 0.5) is 0 Å². The third-order valence-electron chi connectivity index (χ3n) is 4.28. The Morgan fingerprint density at radius 1 is 1.32 bits per heavy atom. The standard InChI is InChI=1S/C17H27BrN4/c1-13(22(4)16-9-10-16)11-20-17(19-2)21(3)12-14-5-7-15(18)8-6-14/h5-8,13,16H,9-12H2,1-4H3,(H,19,20). The second-order valence-electron chi connectivity index (χ2n) is 6.16. The van der Waals surface area contributed by atoms with Crippen LogP contribution < -0.4 is 5.32 Å². The molecule has 1 fully saturated rings.